The van der Waals surface area contributed by atoms with E-state index in [1.807, 2.05) is 45.0 Å². The number of carbonyl (C=O) groups excluding carboxylic acids is 2. The van der Waals surface area contributed by atoms with Gasteiger partial charge in [-0.2, -0.15) is 0 Å². The first-order valence-electron chi connectivity index (χ1n) is 7.14. The van der Waals surface area contributed by atoms with Gasteiger partial charge in [0.15, 0.2) is 0 Å². The predicted molar refractivity (Wildman–Crippen MR) is 83.8 cm³/mol. The summed E-state index contributed by atoms with van der Waals surface area (Å²) >= 11 is 0. The molecule has 0 unspecified atom stereocenters. The van der Waals surface area contributed by atoms with Crippen molar-refractivity contribution in [1.82, 2.24) is 9.91 Å². The topological polar surface area (TPSA) is 66.6 Å². The van der Waals surface area contributed by atoms with Gasteiger partial charge in [-0.05, 0) is 25.7 Å². The van der Waals surface area contributed by atoms with Crippen LogP contribution in [0.15, 0.2) is 24.3 Å². The highest BCUT2D eigenvalue weighted by molar-refractivity contribution is 5.97. The number of Topliss-reactive ketones (excluding diaryl/α,β-unsaturated/α-hetero) is 1. The van der Waals surface area contributed by atoms with Crippen LogP contribution < -0.4 is 5.84 Å². The second-order valence-corrected chi connectivity index (χ2v) is 5.76. The molecule has 116 valence electrons. The van der Waals surface area contributed by atoms with Crippen LogP contribution in [0.5, 0.6) is 0 Å². The van der Waals surface area contributed by atoms with Gasteiger partial charge in [0, 0.05) is 24.4 Å². The van der Waals surface area contributed by atoms with Crippen molar-refractivity contribution < 1.29 is 9.59 Å². The van der Waals surface area contributed by atoms with Crippen LogP contribution in [-0.2, 0) is 11.2 Å². The normalized spacial score (nSPS) is 11.0. The highest BCUT2D eigenvalue weighted by Crippen LogP contribution is 2.13. The molecule has 0 bridgehead atoms. The third kappa shape index (κ3) is 5.28. The Kier molecular flexibility index (Phi) is 6.52. The Morgan fingerprint density at radius 1 is 1.14 bits per heavy atom. The minimum absolute atomic E-state index is 0.0455. The molecule has 5 heteroatoms. The SMILES string of the molecule is CC(C)C(=O)Cc1ccccc1C(=O)N(N)CCN(C)C. The zero-order chi connectivity index (χ0) is 16.0. The summed E-state index contributed by atoms with van der Waals surface area (Å²) in [5.41, 5.74) is 1.24. The molecule has 0 aliphatic carbocycles. The standard InChI is InChI=1S/C16H25N3O2/c1-12(2)15(20)11-13-7-5-6-8-14(13)16(21)19(17)10-9-18(3)4/h5-8,12H,9-11,17H2,1-4H3. The van der Waals surface area contributed by atoms with Crippen LogP contribution in [-0.4, -0.2) is 48.8 Å². The maximum atomic E-state index is 12.4. The van der Waals surface area contributed by atoms with Crippen LogP contribution in [0.2, 0.25) is 0 Å². The summed E-state index contributed by atoms with van der Waals surface area (Å²) in [6, 6.07) is 7.16. The van der Waals surface area contributed by atoms with Crippen molar-refractivity contribution in [2.75, 3.05) is 27.2 Å². The smallest absolute Gasteiger partial charge is 0.268 e. The highest BCUT2D eigenvalue weighted by atomic mass is 16.2. The third-order valence-electron chi connectivity index (χ3n) is 3.31. The van der Waals surface area contributed by atoms with Gasteiger partial charge in [-0.1, -0.05) is 32.0 Å². The first kappa shape index (κ1) is 17.3. The molecule has 0 spiro atoms. The summed E-state index contributed by atoms with van der Waals surface area (Å²) in [6.45, 7) is 4.85. The van der Waals surface area contributed by atoms with Gasteiger partial charge in [0.1, 0.15) is 5.78 Å². The van der Waals surface area contributed by atoms with Crippen molar-refractivity contribution in [3.8, 4) is 0 Å². The largest absolute Gasteiger partial charge is 0.308 e. The lowest BCUT2D eigenvalue weighted by molar-refractivity contribution is -0.121. The number of hydrogen-bond acceptors (Lipinski definition) is 4. The Balaban J connectivity index is 2.86. The average Bonchev–Trinajstić information content (AvgIpc) is 2.44. The Hall–Kier alpha value is -1.72. The minimum atomic E-state index is -0.246. The predicted octanol–water partition coefficient (Wildman–Crippen LogP) is 1.33. The van der Waals surface area contributed by atoms with Gasteiger partial charge in [-0.15, -0.1) is 0 Å². The number of likely N-dealkylation sites (N-methyl/N-ethyl adjacent to an activating group) is 1. The molecule has 5 nitrogen and oxygen atoms in total. The maximum absolute atomic E-state index is 12.4. The van der Waals surface area contributed by atoms with E-state index in [2.05, 4.69) is 0 Å². The molecule has 0 radical (unpaired) electrons. The molecule has 0 aliphatic heterocycles. The third-order valence-corrected chi connectivity index (χ3v) is 3.31. The average molecular weight is 291 g/mol. The molecule has 2 N–H and O–H groups in total. The van der Waals surface area contributed by atoms with Crippen LogP contribution in [0.25, 0.3) is 0 Å². The number of carbonyl (C=O) groups is 2. The molecule has 0 saturated heterocycles. The molecule has 21 heavy (non-hydrogen) atoms. The van der Waals surface area contributed by atoms with Crippen LogP contribution in [0.4, 0.5) is 0 Å². The zero-order valence-corrected chi connectivity index (χ0v) is 13.3. The number of ketones is 1. The lowest BCUT2D eigenvalue weighted by atomic mass is 9.97. The van der Waals surface area contributed by atoms with E-state index in [-0.39, 0.29) is 24.0 Å². The van der Waals surface area contributed by atoms with Gasteiger partial charge in [-0.25, -0.2) is 5.84 Å². The number of hydrazine groups is 1. The van der Waals surface area contributed by atoms with E-state index in [0.717, 1.165) is 5.56 Å². The fourth-order valence-corrected chi connectivity index (χ4v) is 1.84. The fourth-order valence-electron chi connectivity index (χ4n) is 1.84. The Morgan fingerprint density at radius 2 is 1.76 bits per heavy atom. The van der Waals surface area contributed by atoms with E-state index in [0.29, 0.717) is 18.7 Å². The second kappa shape index (κ2) is 7.90. The van der Waals surface area contributed by atoms with Crippen molar-refractivity contribution in [2.24, 2.45) is 11.8 Å². The molecule has 0 aliphatic rings. The van der Waals surface area contributed by atoms with Gasteiger partial charge in [0.25, 0.3) is 5.91 Å². The summed E-state index contributed by atoms with van der Waals surface area (Å²) in [5, 5.41) is 1.21. The fraction of sp³-hybridized carbons (Fsp3) is 0.500. The molecule has 0 saturated carbocycles. The van der Waals surface area contributed by atoms with E-state index in [1.54, 1.807) is 12.1 Å². The van der Waals surface area contributed by atoms with E-state index in [9.17, 15) is 9.59 Å². The van der Waals surface area contributed by atoms with Gasteiger partial charge in [0.2, 0.25) is 0 Å². The molecule has 0 fully saturated rings. The molecule has 1 rings (SSSR count). The van der Waals surface area contributed by atoms with E-state index < -0.39 is 0 Å². The number of amides is 1. The van der Waals surface area contributed by atoms with Crippen LogP contribution in [0.1, 0.15) is 29.8 Å². The lowest BCUT2D eigenvalue weighted by Gasteiger charge is -2.20. The molecule has 0 aromatic heterocycles. The minimum Gasteiger partial charge on any atom is -0.308 e. The van der Waals surface area contributed by atoms with E-state index in [1.165, 1.54) is 5.01 Å². The molecule has 1 amide bonds. The highest BCUT2D eigenvalue weighted by Gasteiger charge is 2.18. The first-order chi connectivity index (χ1) is 9.82. The molecular formula is C16H25N3O2. The summed E-state index contributed by atoms with van der Waals surface area (Å²) in [4.78, 5) is 26.3. The zero-order valence-electron chi connectivity index (χ0n) is 13.3. The van der Waals surface area contributed by atoms with Crippen molar-refractivity contribution >= 4 is 11.7 Å². The first-order valence-corrected chi connectivity index (χ1v) is 7.14. The summed E-state index contributed by atoms with van der Waals surface area (Å²) in [5.74, 6) is 5.66. The van der Waals surface area contributed by atoms with Crippen molar-refractivity contribution in [1.29, 1.82) is 0 Å². The molecule has 0 atom stereocenters. The number of rotatable bonds is 7. The Morgan fingerprint density at radius 3 is 2.33 bits per heavy atom. The summed E-state index contributed by atoms with van der Waals surface area (Å²) < 4.78 is 0. The lowest BCUT2D eigenvalue weighted by Crippen LogP contribution is -2.42. The second-order valence-electron chi connectivity index (χ2n) is 5.76. The number of nitrogens with two attached hydrogens (primary N) is 1. The van der Waals surface area contributed by atoms with Gasteiger partial charge < -0.3 is 4.90 Å². The van der Waals surface area contributed by atoms with Gasteiger partial charge in [-0.3, -0.25) is 14.6 Å². The number of hydrogen-bond donors (Lipinski definition) is 1. The molecule has 1 aromatic rings. The van der Waals surface area contributed by atoms with Crippen molar-refractivity contribution in [2.45, 2.75) is 20.3 Å². The van der Waals surface area contributed by atoms with Crippen molar-refractivity contribution in [3.63, 3.8) is 0 Å². The molecular weight excluding hydrogens is 266 g/mol. The monoisotopic (exact) mass is 291 g/mol. The van der Waals surface area contributed by atoms with Crippen LogP contribution in [0, 0.1) is 5.92 Å². The van der Waals surface area contributed by atoms with E-state index >= 15 is 0 Å². The Bertz CT molecular complexity index is 498. The summed E-state index contributed by atoms with van der Waals surface area (Å²) in [7, 11) is 3.85. The number of benzene rings is 1. The quantitative estimate of drug-likeness (QED) is 0.467. The summed E-state index contributed by atoms with van der Waals surface area (Å²) in [6.07, 6.45) is 0.265. The van der Waals surface area contributed by atoms with Gasteiger partial charge >= 0.3 is 0 Å². The molecule has 1 aromatic carbocycles. The van der Waals surface area contributed by atoms with Crippen LogP contribution >= 0.6 is 0 Å². The molecule has 0 heterocycles. The van der Waals surface area contributed by atoms with Gasteiger partial charge in [0.05, 0.1) is 6.54 Å². The Labute approximate surface area is 126 Å². The maximum Gasteiger partial charge on any atom is 0.268 e. The van der Waals surface area contributed by atoms with Crippen LogP contribution in [0.3, 0.4) is 0 Å². The number of nitrogens with zero attached hydrogens (tertiary/aromatic N) is 2. The van der Waals surface area contributed by atoms with Crippen molar-refractivity contribution in [3.05, 3.63) is 35.4 Å². The van der Waals surface area contributed by atoms with E-state index in [4.69, 9.17) is 5.84 Å².